The highest BCUT2D eigenvalue weighted by Crippen LogP contribution is 1.95. The van der Waals surface area contributed by atoms with E-state index in [2.05, 4.69) is 5.10 Å². The Balaban J connectivity index is 2.92. The van der Waals surface area contributed by atoms with Gasteiger partial charge in [0.2, 0.25) is 0 Å². The Kier molecular flexibility index (Phi) is 1.53. The van der Waals surface area contributed by atoms with Crippen LogP contribution in [-0.2, 0) is 6.00 Å². The molecule has 0 aliphatic heterocycles. The first kappa shape index (κ1) is 5.63. The maximum absolute atomic E-state index is 5.47. The van der Waals surface area contributed by atoms with E-state index in [1.165, 1.54) is 0 Å². The molecule has 0 aliphatic rings. The molecule has 0 amide bonds. The normalized spacial score (nSPS) is 9.75. The van der Waals surface area contributed by atoms with Gasteiger partial charge in [0.25, 0.3) is 0 Å². The zero-order chi connectivity index (χ0) is 5.98. The van der Waals surface area contributed by atoms with Crippen molar-refractivity contribution >= 4 is 11.6 Å². The summed E-state index contributed by atoms with van der Waals surface area (Å²) in [5, 5.41) is 3.92. The third kappa shape index (κ3) is 0.842. The minimum atomic E-state index is 0.443. The molecule has 0 radical (unpaired) electrons. The highest BCUT2D eigenvalue weighted by Gasteiger charge is 1.89. The van der Waals surface area contributed by atoms with E-state index in [4.69, 9.17) is 11.6 Å². The van der Waals surface area contributed by atoms with Crippen molar-refractivity contribution in [2.24, 2.45) is 0 Å². The Morgan fingerprint density at radius 1 is 1.88 bits per heavy atom. The van der Waals surface area contributed by atoms with Gasteiger partial charge in [0.1, 0.15) is 6.00 Å². The van der Waals surface area contributed by atoms with Gasteiger partial charge < -0.3 is 0 Å². The molecule has 2 nitrogen and oxygen atoms in total. The molecule has 0 fully saturated rings. The van der Waals surface area contributed by atoms with E-state index in [-0.39, 0.29) is 0 Å². The van der Waals surface area contributed by atoms with Crippen LogP contribution in [0.15, 0.2) is 12.3 Å². The lowest BCUT2D eigenvalue weighted by molar-refractivity contribution is 0.718. The van der Waals surface area contributed by atoms with Gasteiger partial charge in [0.05, 0.1) is 0 Å². The Labute approximate surface area is 53.1 Å². The highest BCUT2D eigenvalue weighted by molar-refractivity contribution is 6.15. The summed E-state index contributed by atoms with van der Waals surface area (Å²) in [6.07, 6.45) is 1.73. The lowest BCUT2D eigenvalue weighted by atomic mass is 10.5. The zero-order valence-corrected chi connectivity index (χ0v) is 5.39. The largest absolute Gasteiger partial charge is 0.255 e. The van der Waals surface area contributed by atoms with Crippen LogP contribution in [-0.4, -0.2) is 9.78 Å². The molecule has 44 valence electrons. The van der Waals surface area contributed by atoms with Gasteiger partial charge in [0.15, 0.2) is 0 Å². The second-order valence-corrected chi connectivity index (χ2v) is 1.83. The van der Waals surface area contributed by atoms with E-state index in [0.29, 0.717) is 6.00 Å². The molecular formula is C5H7ClN2. The van der Waals surface area contributed by atoms with E-state index in [9.17, 15) is 0 Å². The van der Waals surface area contributed by atoms with Gasteiger partial charge in [-0.2, -0.15) is 5.10 Å². The Morgan fingerprint density at radius 2 is 2.62 bits per heavy atom. The molecule has 0 unspecified atom stereocenters. The first-order chi connectivity index (χ1) is 3.84. The average molecular weight is 131 g/mol. The van der Waals surface area contributed by atoms with E-state index < -0.39 is 0 Å². The molecule has 0 saturated carbocycles. The third-order valence-corrected chi connectivity index (χ3v) is 1.27. The van der Waals surface area contributed by atoms with Crippen LogP contribution in [0.5, 0.6) is 0 Å². The fourth-order valence-corrected chi connectivity index (χ4v) is 0.774. The van der Waals surface area contributed by atoms with E-state index >= 15 is 0 Å². The molecule has 0 saturated heterocycles. The van der Waals surface area contributed by atoms with E-state index in [1.807, 2.05) is 13.0 Å². The lowest BCUT2D eigenvalue weighted by Gasteiger charge is -1.93. The average Bonchev–Trinajstić information content (AvgIpc) is 2.14. The highest BCUT2D eigenvalue weighted by atomic mass is 35.5. The summed E-state index contributed by atoms with van der Waals surface area (Å²) >= 11 is 5.47. The Morgan fingerprint density at radius 3 is 2.88 bits per heavy atom. The smallest absolute Gasteiger partial charge is 0.115 e. The van der Waals surface area contributed by atoms with Crippen molar-refractivity contribution in [1.82, 2.24) is 9.78 Å². The van der Waals surface area contributed by atoms with Gasteiger partial charge in [0, 0.05) is 11.9 Å². The van der Waals surface area contributed by atoms with Crippen molar-refractivity contribution < 1.29 is 0 Å². The molecule has 0 aliphatic carbocycles. The summed E-state index contributed by atoms with van der Waals surface area (Å²) < 4.78 is 1.72. The minimum Gasteiger partial charge on any atom is -0.255 e. The molecule has 0 spiro atoms. The van der Waals surface area contributed by atoms with Gasteiger partial charge in [-0.25, -0.2) is 0 Å². The number of nitrogens with zero attached hydrogens (tertiary/aromatic N) is 2. The van der Waals surface area contributed by atoms with Crippen molar-refractivity contribution in [2.45, 2.75) is 12.9 Å². The Hall–Kier alpha value is -0.500. The number of alkyl halides is 1. The predicted molar refractivity (Wildman–Crippen MR) is 32.8 cm³/mol. The van der Waals surface area contributed by atoms with Gasteiger partial charge >= 0.3 is 0 Å². The predicted octanol–water partition coefficient (Wildman–Crippen LogP) is 1.39. The maximum Gasteiger partial charge on any atom is 0.115 e. The molecule has 3 heteroatoms. The van der Waals surface area contributed by atoms with E-state index in [1.54, 1.807) is 10.9 Å². The summed E-state index contributed by atoms with van der Waals surface area (Å²) in [5.74, 6) is 0. The standard InChI is InChI=1S/C5H7ClN2/c1-5-2-3-7-8(5)4-6/h2-3H,4H2,1H3. The molecule has 1 aromatic rings. The van der Waals surface area contributed by atoms with Crippen molar-refractivity contribution in [2.75, 3.05) is 0 Å². The van der Waals surface area contributed by atoms with Crippen molar-refractivity contribution in [3.05, 3.63) is 18.0 Å². The summed E-state index contributed by atoms with van der Waals surface area (Å²) in [4.78, 5) is 0. The van der Waals surface area contributed by atoms with Crippen LogP contribution in [0, 0.1) is 6.92 Å². The van der Waals surface area contributed by atoms with Gasteiger partial charge in [-0.3, -0.25) is 4.68 Å². The van der Waals surface area contributed by atoms with Crippen LogP contribution < -0.4 is 0 Å². The van der Waals surface area contributed by atoms with Gasteiger partial charge in [-0.05, 0) is 13.0 Å². The topological polar surface area (TPSA) is 17.8 Å². The Bertz CT molecular complexity index is 171. The summed E-state index contributed by atoms with van der Waals surface area (Å²) in [6, 6.07) is 2.36. The van der Waals surface area contributed by atoms with Crippen molar-refractivity contribution in [3.63, 3.8) is 0 Å². The molecule has 1 heterocycles. The summed E-state index contributed by atoms with van der Waals surface area (Å²) in [6.45, 7) is 1.97. The number of hydrogen-bond donors (Lipinski definition) is 0. The van der Waals surface area contributed by atoms with Crippen LogP contribution in [0.2, 0.25) is 0 Å². The number of rotatable bonds is 1. The van der Waals surface area contributed by atoms with Crippen LogP contribution in [0.25, 0.3) is 0 Å². The quantitative estimate of drug-likeness (QED) is 0.526. The number of halogens is 1. The molecule has 0 aromatic carbocycles. The molecule has 0 N–H and O–H groups in total. The van der Waals surface area contributed by atoms with Crippen molar-refractivity contribution in [1.29, 1.82) is 0 Å². The molecule has 0 bridgehead atoms. The van der Waals surface area contributed by atoms with Crippen LogP contribution in [0.4, 0.5) is 0 Å². The maximum atomic E-state index is 5.47. The van der Waals surface area contributed by atoms with Gasteiger partial charge in [-0.15, -0.1) is 11.6 Å². The molecule has 1 rings (SSSR count). The first-order valence-electron chi connectivity index (χ1n) is 2.39. The van der Waals surface area contributed by atoms with Crippen molar-refractivity contribution in [3.8, 4) is 0 Å². The SMILES string of the molecule is Cc1ccnn1CCl. The first-order valence-corrected chi connectivity index (χ1v) is 2.92. The number of aryl methyl sites for hydroxylation is 1. The zero-order valence-electron chi connectivity index (χ0n) is 4.63. The second kappa shape index (κ2) is 2.18. The third-order valence-electron chi connectivity index (χ3n) is 1.04. The second-order valence-electron chi connectivity index (χ2n) is 1.59. The summed E-state index contributed by atoms with van der Waals surface area (Å²) in [7, 11) is 0. The number of hydrogen-bond acceptors (Lipinski definition) is 1. The van der Waals surface area contributed by atoms with Crippen LogP contribution in [0.3, 0.4) is 0 Å². The van der Waals surface area contributed by atoms with E-state index in [0.717, 1.165) is 5.69 Å². The van der Waals surface area contributed by atoms with Crippen LogP contribution in [0.1, 0.15) is 5.69 Å². The van der Waals surface area contributed by atoms with Gasteiger partial charge in [-0.1, -0.05) is 0 Å². The fourth-order valence-electron chi connectivity index (χ4n) is 0.524. The number of aromatic nitrogens is 2. The molecule has 1 aromatic heterocycles. The monoisotopic (exact) mass is 130 g/mol. The lowest BCUT2D eigenvalue weighted by Crippen LogP contribution is -1.95. The van der Waals surface area contributed by atoms with Crippen LogP contribution >= 0.6 is 11.6 Å². The molecule has 0 atom stereocenters. The summed E-state index contributed by atoms with van der Waals surface area (Å²) in [5.41, 5.74) is 1.10. The molecular weight excluding hydrogens is 124 g/mol. The fraction of sp³-hybridized carbons (Fsp3) is 0.400. The minimum absolute atomic E-state index is 0.443. The molecule has 8 heavy (non-hydrogen) atoms.